The van der Waals surface area contributed by atoms with Gasteiger partial charge in [0.15, 0.2) is 6.29 Å². The van der Waals surface area contributed by atoms with Gasteiger partial charge in [-0.25, -0.2) is 9.59 Å². The van der Waals surface area contributed by atoms with Crippen LogP contribution in [0, 0.1) is 5.92 Å². The molecule has 1 amide bonds. The highest BCUT2D eigenvalue weighted by atomic mass is 32.2. The van der Waals surface area contributed by atoms with Gasteiger partial charge in [0.05, 0.1) is 19.2 Å². The number of hydrogen-bond acceptors (Lipinski definition) is 11. The lowest BCUT2D eigenvalue weighted by atomic mass is 10.0. The summed E-state index contributed by atoms with van der Waals surface area (Å²) in [6.45, 7) is 13.4. The molecule has 0 fully saturated rings. The van der Waals surface area contributed by atoms with Crippen LogP contribution in [0.15, 0.2) is 30.5 Å². The third-order valence-corrected chi connectivity index (χ3v) is 7.84. The van der Waals surface area contributed by atoms with E-state index < -0.39 is 46.8 Å². The number of ether oxygens (including phenoxy) is 6. The van der Waals surface area contributed by atoms with Crippen molar-refractivity contribution in [3.05, 3.63) is 36.0 Å². The topological polar surface area (TPSA) is 115 Å². The standard InChI is InChI=1S/C32H48N2O9S2/c1-11-41-30(44)45-22(18-24(26(35)38-8)27(39-9)40-10)20-33(28(36)42-31(2,3)4)17-16-21-19-34(29(37)43-32(5,6)7)25-15-13-12-14-23(21)25/h12-15,19,22,24,27H,11,16-18,20H2,1-10H3. The zero-order valence-electron chi connectivity index (χ0n) is 28.0. The second-order valence-electron chi connectivity index (χ2n) is 12.3. The molecule has 0 N–H and O–H groups in total. The highest BCUT2D eigenvalue weighted by Gasteiger charge is 2.35. The number of carbonyl (C=O) groups is 3. The van der Waals surface area contributed by atoms with Gasteiger partial charge in [-0.1, -0.05) is 30.0 Å². The zero-order valence-corrected chi connectivity index (χ0v) is 29.7. The SMILES string of the molecule is CCOC(=S)SC(CC(C(=O)OC)C(OC)OC)CN(CCc1cn(C(=O)OC(C)(C)C)c2ccccc12)C(=O)OC(C)(C)C. The molecule has 252 valence electrons. The van der Waals surface area contributed by atoms with E-state index in [0.717, 1.165) is 10.9 Å². The smallest absolute Gasteiger partial charge is 0.419 e. The van der Waals surface area contributed by atoms with Crippen molar-refractivity contribution in [3.8, 4) is 0 Å². The van der Waals surface area contributed by atoms with E-state index in [1.807, 2.05) is 52.0 Å². The van der Waals surface area contributed by atoms with E-state index in [4.69, 9.17) is 40.6 Å². The number of thiocarbonyl (C=S) groups is 1. The minimum Gasteiger partial charge on any atom is -0.479 e. The molecule has 2 rings (SSSR count). The Hall–Kier alpha value is -2.87. The Labute approximate surface area is 276 Å². The summed E-state index contributed by atoms with van der Waals surface area (Å²) in [5, 5.41) is 0.446. The minimum atomic E-state index is -0.879. The molecule has 13 heteroatoms. The third kappa shape index (κ3) is 12.1. The number of amides is 1. The third-order valence-electron chi connectivity index (χ3n) is 6.45. The maximum atomic E-state index is 13.6. The van der Waals surface area contributed by atoms with E-state index in [1.54, 1.807) is 31.9 Å². The number of esters is 1. The molecule has 0 saturated carbocycles. The normalized spacial score (nSPS) is 13.3. The maximum Gasteiger partial charge on any atom is 0.419 e. The van der Waals surface area contributed by atoms with Gasteiger partial charge in [-0.05, 0) is 85.2 Å². The maximum absolute atomic E-state index is 13.6. The molecule has 0 saturated heterocycles. The quantitative estimate of drug-likeness (QED) is 0.102. The molecule has 11 nitrogen and oxygen atoms in total. The number of aromatic nitrogens is 1. The number of benzene rings is 1. The van der Waals surface area contributed by atoms with E-state index in [9.17, 15) is 14.4 Å². The van der Waals surface area contributed by atoms with Crippen LogP contribution >= 0.6 is 24.0 Å². The molecule has 0 spiro atoms. The summed E-state index contributed by atoms with van der Waals surface area (Å²) in [4.78, 5) is 41.0. The fourth-order valence-electron chi connectivity index (χ4n) is 4.62. The van der Waals surface area contributed by atoms with Crippen LogP contribution in [0.1, 0.15) is 60.5 Å². The average Bonchev–Trinajstić information content (AvgIpc) is 3.31. The lowest BCUT2D eigenvalue weighted by Crippen LogP contribution is -2.43. The molecule has 45 heavy (non-hydrogen) atoms. The molecule has 0 bridgehead atoms. The van der Waals surface area contributed by atoms with E-state index >= 15 is 0 Å². The Bertz CT molecular complexity index is 1300. The summed E-state index contributed by atoms with van der Waals surface area (Å²) in [7, 11) is 4.18. The Morgan fingerprint density at radius 3 is 2.16 bits per heavy atom. The Morgan fingerprint density at radius 2 is 1.60 bits per heavy atom. The number of fused-ring (bicyclic) bond motifs is 1. The van der Waals surface area contributed by atoms with Gasteiger partial charge in [0.1, 0.15) is 17.1 Å². The largest absolute Gasteiger partial charge is 0.479 e. The number of nitrogens with zero attached hydrogens (tertiary/aromatic N) is 2. The molecule has 0 aliphatic carbocycles. The molecule has 0 aliphatic heterocycles. The van der Waals surface area contributed by atoms with E-state index in [-0.39, 0.29) is 23.9 Å². The van der Waals surface area contributed by atoms with Crippen molar-refractivity contribution in [1.82, 2.24) is 9.47 Å². The summed E-state index contributed by atoms with van der Waals surface area (Å²) in [5.41, 5.74) is 0.131. The summed E-state index contributed by atoms with van der Waals surface area (Å²) in [6, 6.07) is 7.53. The molecule has 1 aromatic heterocycles. The molecule has 1 aromatic carbocycles. The lowest BCUT2D eigenvalue weighted by molar-refractivity contribution is -0.175. The first-order valence-corrected chi connectivity index (χ1v) is 16.1. The van der Waals surface area contributed by atoms with Crippen molar-refractivity contribution in [2.24, 2.45) is 5.92 Å². The minimum absolute atomic E-state index is 0.158. The van der Waals surface area contributed by atoms with Crippen LogP contribution in [0.25, 0.3) is 10.9 Å². The van der Waals surface area contributed by atoms with Crippen molar-refractivity contribution in [2.45, 2.75) is 84.0 Å². The first-order chi connectivity index (χ1) is 21.0. The summed E-state index contributed by atoms with van der Waals surface area (Å²) >= 11 is 6.69. The number of thioether (sulfide) groups is 1. The number of carbonyl (C=O) groups excluding carboxylic acids is 3. The van der Waals surface area contributed by atoms with Gasteiger partial charge in [-0.15, -0.1) is 0 Å². The van der Waals surface area contributed by atoms with Crippen molar-refractivity contribution >= 4 is 57.4 Å². The fourth-order valence-corrected chi connectivity index (χ4v) is 6.16. The number of hydrogen-bond donors (Lipinski definition) is 0. The number of para-hydroxylation sites is 1. The zero-order chi connectivity index (χ0) is 33.9. The van der Waals surface area contributed by atoms with Crippen molar-refractivity contribution in [3.63, 3.8) is 0 Å². The van der Waals surface area contributed by atoms with Gasteiger partial charge in [0, 0.05) is 44.1 Å². The van der Waals surface area contributed by atoms with Gasteiger partial charge >= 0.3 is 18.2 Å². The second kappa shape index (κ2) is 17.2. The Balaban J connectivity index is 2.47. The van der Waals surface area contributed by atoms with Gasteiger partial charge in [-0.3, -0.25) is 9.36 Å². The van der Waals surface area contributed by atoms with Crippen LogP contribution in [0.2, 0.25) is 0 Å². The van der Waals surface area contributed by atoms with Crippen LogP contribution in [-0.2, 0) is 39.6 Å². The van der Waals surface area contributed by atoms with Gasteiger partial charge in [0.2, 0.25) is 4.38 Å². The first-order valence-electron chi connectivity index (χ1n) is 14.8. The average molecular weight is 669 g/mol. The van der Waals surface area contributed by atoms with E-state index in [0.29, 0.717) is 18.5 Å². The van der Waals surface area contributed by atoms with Crippen LogP contribution in [0.4, 0.5) is 9.59 Å². The van der Waals surface area contributed by atoms with Gasteiger partial charge in [0.25, 0.3) is 0 Å². The second-order valence-corrected chi connectivity index (χ2v) is 14.2. The van der Waals surface area contributed by atoms with Crippen LogP contribution < -0.4 is 0 Å². The highest BCUT2D eigenvalue weighted by Crippen LogP contribution is 2.29. The van der Waals surface area contributed by atoms with E-state index in [2.05, 4.69) is 0 Å². The Morgan fingerprint density at radius 1 is 0.978 bits per heavy atom. The molecule has 0 radical (unpaired) electrons. The molecular formula is C32H48N2O9S2. The van der Waals surface area contributed by atoms with Gasteiger partial charge < -0.3 is 33.3 Å². The van der Waals surface area contributed by atoms with Crippen LogP contribution in [0.3, 0.4) is 0 Å². The molecular weight excluding hydrogens is 620 g/mol. The van der Waals surface area contributed by atoms with E-state index in [1.165, 1.54) is 37.7 Å². The summed E-state index contributed by atoms with van der Waals surface area (Å²) < 4.78 is 34.6. The summed E-state index contributed by atoms with van der Waals surface area (Å²) in [5.74, 6) is -1.32. The highest BCUT2D eigenvalue weighted by molar-refractivity contribution is 8.23. The molecule has 1 heterocycles. The molecule has 2 atom stereocenters. The van der Waals surface area contributed by atoms with Crippen molar-refractivity contribution in [1.29, 1.82) is 0 Å². The van der Waals surface area contributed by atoms with Crippen molar-refractivity contribution < 1.29 is 42.8 Å². The molecule has 0 aliphatic rings. The predicted octanol–water partition coefficient (Wildman–Crippen LogP) is 6.43. The van der Waals surface area contributed by atoms with Crippen LogP contribution in [-0.4, -0.2) is 95.8 Å². The number of rotatable bonds is 13. The predicted molar refractivity (Wildman–Crippen MR) is 179 cm³/mol. The van der Waals surface area contributed by atoms with Gasteiger partial charge in [-0.2, -0.15) is 0 Å². The summed E-state index contributed by atoms with van der Waals surface area (Å²) in [6.07, 6.45) is 0.453. The number of methoxy groups -OCH3 is 3. The fraction of sp³-hybridized carbons (Fsp3) is 0.625. The first kappa shape index (κ1) is 38.3. The lowest BCUT2D eigenvalue weighted by Gasteiger charge is -2.32. The Kier molecular flexibility index (Phi) is 14.6. The molecule has 2 aromatic rings. The molecule has 2 unspecified atom stereocenters. The van der Waals surface area contributed by atoms with Crippen LogP contribution in [0.5, 0.6) is 0 Å². The monoisotopic (exact) mass is 668 g/mol. The van der Waals surface area contributed by atoms with Crippen molar-refractivity contribution in [2.75, 3.05) is 41.0 Å².